The van der Waals surface area contributed by atoms with Gasteiger partial charge in [0.25, 0.3) is 0 Å². The highest BCUT2D eigenvalue weighted by Gasteiger charge is 2.16. The summed E-state index contributed by atoms with van der Waals surface area (Å²) in [6, 6.07) is 19.9. The van der Waals surface area contributed by atoms with Crippen LogP contribution in [-0.2, 0) is 13.0 Å². The lowest BCUT2D eigenvalue weighted by atomic mass is 9.85. The summed E-state index contributed by atoms with van der Waals surface area (Å²) in [6.45, 7) is 0.355. The molecule has 0 heterocycles. The molecule has 0 amide bonds. The van der Waals surface area contributed by atoms with Gasteiger partial charge >= 0.3 is 5.97 Å². The lowest BCUT2D eigenvalue weighted by Gasteiger charge is -2.21. The second-order valence-corrected chi connectivity index (χ2v) is 8.11. The Bertz CT molecular complexity index is 981. The maximum atomic E-state index is 11.7. The number of ether oxygens (including phenoxy) is 1. The maximum Gasteiger partial charge on any atom is 0.339 e. The van der Waals surface area contributed by atoms with Crippen LogP contribution in [0.4, 0.5) is 0 Å². The van der Waals surface area contributed by atoms with Gasteiger partial charge in [-0.25, -0.2) is 4.79 Å². The predicted octanol–water partition coefficient (Wildman–Crippen LogP) is 6.63. The van der Waals surface area contributed by atoms with Crippen molar-refractivity contribution >= 4 is 16.7 Å². The molecule has 3 aromatic rings. The van der Waals surface area contributed by atoms with Gasteiger partial charge in [-0.3, -0.25) is 0 Å². The van der Waals surface area contributed by atoms with Crippen molar-refractivity contribution in [2.45, 2.75) is 51.6 Å². The molecule has 0 spiro atoms. The van der Waals surface area contributed by atoms with E-state index in [1.54, 1.807) is 6.07 Å². The van der Waals surface area contributed by atoms with E-state index in [0.29, 0.717) is 12.4 Å². The standard InChI is InChI=1S/C26H28O3/c27-26(28)24-16-15-20(14-13-19-7-2-1-3-8-19)17-25(24)29-18-22-11-6-10-21-9-4-5-12-23(21)22/h4-6,9-12,15-17,19H,1-3,7-8,13-14,18H2,(H,27,28). The quantitative estimate of drug-likeness (QED) is 0.494. The van der Waals surface area contributed by atoms with E-state index in [0.717, 1.165) is 34.2 Å². The van der Waals surface area contributed by atoms with Crippen LogP contribution in [0.5, 0.6) is 5.75 Å². The molecule has 1 aliphatic carbocycles. The molecule has 1 fully saturated rings. The van der Waals surface area contributed by atoms with E-state index in [1.165, 1.54) is 38.5 Å². The summed E-state index contributed by atoms with van der Waals surface area (Å²) in [5.74, 6) is 0.325. The van der Waals surface area contributed by atoms with Crippen molar-refractivity contribution < 1.29 is 14.6 Å². The Balaban J connectivity index is 1.50. The summed E-state index contributed by atoms with van der Waals surface area (Å²) in [5, 5.41) is 11.9. The molecule has 150 valence electrons. The van der Waals surface area contributed by atoms with Gasteiger partial charge in [-0.2, -0.15) is 0 Å². The topological polar surface area (TPSA) is 46.5 Å². The van der Waals surface area contributed by atoms with Crippen LogP contribution in [0, 0.1) is 5.92 Å². The van der Waals surface area contributed by atoms with Gasteiger partial charge in [0, 0.05) is 0 Å². The van der Waals surface area contributed by atoms with Gasteiger partial charge in [0.1, 0.15) is 17.9 Å². The van der Waals surface area contributed by atoms with Gasteiger partial charge < -0.3 is 9.84 Å². The van der Waals surface area contributed by atoms with Crippen LogP contribution in [0.1, 0.15) is 60.0 Å². The molecule has 3 heteroatoms. The summed E-state index contributed by atoms with van der Waals surface area (Å²) in [6.07, 6.45) is 8.89. The smallest absolute Gasteiger partial charge is 0.339 e. The molecular weight excluding hydrogens is 360 g/mol. The van der Waals surface area contributed by atoms with Crippen LogP contribution in [0.25, 0.3) is 10.8 Å². The second kappa shape index (κ2) is 9.13. The fourth-order valence-corrected chi connectivity index (χ4v) is 4.44. The number of aryl methyl sites for hydroxylation is 1. The summed E-state index contributed by atoms with van der Waals surface area (Å²) in [5.41, 5.74) is 2.45. The Morgan fingerprint density at radius 2 is 1.76 bits per heavy atom. The van der Waals surface area contributed by atoms with Crippen LogP contribution < -0.4 is 4.74 Å². The van der Waals surface area contributed by atoms with Gasteiger partial charge in [-0.05, 0) is 52.8 Å². The molecule has 3 nitrogen and oxygen atoms in total. The number of rotatable bonds is 7. The van der Waals surface area contributed by atoms with Crippen LogP contribution in [0.2, 0.25) is 0 Å². The lowest BCUT2D eigenvalue weighted by Crippen LogP contribution is -2.08. The molecule has 0 saturated heterocycles. The van der Waals surface area contributed by atoms with Crippen molar-refractivity contribution in [2.75, 3.05) is 0 Å². The van der Waals surface area contributed by atoms with Crippen LogP contribution in [0.3, 0.4) is 0 Å². The third-order valence-corrected chi connectivity index (χ3v) is 6.11. The summed E-state index contributed by atoms with van der Waals surface area (Å²) < 4.78 is 6.04. The molecule has 3 aromatic carbocycles. The Morgan fingerprint density at radius 1 is 0.966 bits per heavy atom. The fourth-order valence-electron chi connectivity index (χ4n) is 4.44. The largest absolute Gasteiger partial charge is 0.488 e. The molecule has 0 unspecified atom stereocenters. The van der Waals surface area contributed by atoms with Crippen LogP contribution >= 0.6 is 0 Å². The Morgan fingerprint density at radius 3 is 2.59 bits per heavy atom. The van der Waals surface area contributed by atoms with Crippen molar-refractivity contribution in [3.8, 4) is 5.75 Å². The Kier molecular flexibility index (Phi) is 6.14. The zero-order valence-electron chi connectivity index (χ0n) is 16.8. The number of hydrogen-bond acceptors (Lipinski definition) is 2. The number of benzene rings is 3. The number of fused-ring (bicyclic) bond motifs is 1. The minimum absolute atomic E-state index is 0.228. The lowest BCUT2D eigenvalue weighted by molar-refractivity contribution is 0.0691. The molecular formula is C26H28O3. The van der Waals surface area contributed by atoms with Crippen LogP contribution in [-0.4, -0.2) is 11.1 Å². The summed E-state index contributed by atoms with van der Waals surface area (Å²) >= 11 is 0. The maximum absolute atomic E-state index is 11.7. The minimum Gasteiger partial charge on any atom is -0.488 e. The first kappa shape index (κ1) is 19.5. The van der Waals surface area contributed by atoms with E-state index in [2.05, 4.69) is 18.2 Å². The highest BCUT2D eigenvalue weighted by atomic mass is 16.5. The molecule has 29 heavy (non-hydrogen) atoms. The van der Waals surface area contributed by atoms with Gasteiger partial charge in [0.15, 0.2) is 0 Å². The highest BCUT2D eigenvalue weighted by Crippen LogP contribution is 2.29. The number of carboxylic acid groups (broad SMARTS) is 1. The van der Waals surface area contributed by atoms with E-state index >= 15 is 0 Å². The first-order valence-corrected chi connectivity index (χ1v) is 10.7. The predicted molar refractivity (Wildman–Crippen MR) is 117 cm³/mol. The first-order valence-electron chi connectivity index (χ1n) is 10.7. The zero-order valence-corrected chi connectivity index (χ0v) is 16.8. The number of aromatic carboxylic acids is 1. The van der Waals surface area contributed by atoms with Crippen molar-refractivity contribution in [2.24, 2.45) is 5.92 Å². The van der Waals surface area contributed by atoms with Crippen molar-refractivity contribution in [1.29, 1.82) is 0 Å². The van der Waals surface area contributed by atoms with Gasteiger partial charge in [0.2, 0.25) is 0 Å². The molecule has 1 saturated carbocycles. The van der Waals surface area contributed by atoms with E-state index < -0.39 is 5.97 Å². The van der Waals surface area contributed by atoms with Gasteiger partial charge in [-0.15, -0.1) is 0 Å². The molecule has 4 rings (SSSR count). The first-order chi connectivity index (χ1) is 14.2. The normalized spacial score (nSPS) is 14.8. The summed E-state index contributed by atoms with van der Waals surface area (Å²) in [4.78, 5) is 11.7. The van der Waals surface area contributed by atoms with Crippen molar-refractivity contribution in [1.82, 2.24) is 0 Å². The Hall–Kier alpha value is -2.81. The molecule has 0 atom stereocenters. The monoisotopic (exact) mass is 388 g/mol. The highest BCUT2D eigenvalue weighted by molar-refractivity contribution is 5.91. The van der Waals surface area contributed by atoms with Crippen molar-refractivity contribution in [3.05, 3.63) is 77.4 Å². The second-order valence-electron chi connectivity index (χ2n) is 8.11. The van der Waals surface area contributed by atoms with Gasteiger partial charge in [0.05, 0.1) is 0 Å². The molecule has 1 aliphatic rings. The van der Waals surface area contributed by atoms with Gasteiger partial charge in [-0.1, -0.05) is 80.6 Å². The van der Waals surface area contributed by atoms with Crippen molar-refractivity contribution in [3.63, 3.8) is 0 Å². The number of carbonyl (C=O) groups is 1. The molecule has 0 bridgehead atoms. The fraction of sp³-hybridized carbons (Fsp3) is 0.346. The van der Waals surface area contributed by atoms with Crippen LogP contribution in [0.15, 0.2) is 60.7 Å². The third-order valence-electron chi connectivity index (χ3n) is 6.11. The number of hydrogen-bond donors (Lipinski definition) is 1. The third kappa shape index (κ3) is 4.79. The minimum atomic E-state index is -0.947. The molecule has 0 radical (unpaired) electrons. The summed E-state index contributed by atoms with van der Waals surface area (Å²) in [7, 11) is 0. The van der Waals surface area contributed by atoms with E-state index in [1.807, 2.05) is 36.4 Å². The zero-order chi connectivity index (χ0) is 20.1. The average molecular weight is 389 g/mol. The molecule has 0 aromatic heterocycles. The molecule has 0 aliphatic heterocycles. The van der Waals surface area contributed by atoms with E-state index in [9.17, 15) is 9.90 Å². The number of carboxylic acids is 1. The van der Waals surface area contributed by atoms with E-state index in [-0.39, 0.29) is 5.56 Å². The SMILES string of the molecule is O=C(O)c1ccc(CCC2CCCCC2)cc1OCc1cccc2ccccc12. The average Bonchev–Trinajstić information content (AvgIpc) is 2.77. The molecule has 1 N–H and O–H groups in total. The van der Waals surface area contributed by atoms with E-state index in [4.69, 9.17) is 4.74 Å². The Labute approximate surface area is 172 Å².